The third kappa shape index (κ3) is 3.73. The molecule has 0 heterocycles. The molecule has 1 aromatic carbocycles. The molecule has 1 aliphatic rings. The summed E-state index contributed by atoms with van der Waals surface area (Å²) in [5.41, 5.74) is 9.98. The minimum atomic E-state index is 0.724. The summed E-state index contributed by atoms with van der Waals surface area (Å²) in [5.74, 6) is 1.49. The molecule has 0 bridgehead atoms. The third-order valence-corrected chi connectivity index (χ3v) is 4.52. The average molecular weight is 260 g/mol. The molecule has 2 unspecified atom stereocenters. The first-order chi connectivity index (χ1) is 9.10. The van der Waals surface area contributed by atoms with Crippen LogP contribution in [0, 0.1) is 25.7 Å². The number of nitrogens with zero attached hydrogens (tertiary/aromatic N) is 1. The summed E-state index contributed by atoms with van der Waals surface area (Å²) in [6, 6.07) is 6.81. The monoisotopic (exact) mass is 260 g/mol. The van der Waals surface area contributed by atoms with Crippen molar-refractivity contribution < 1.29 is 0 Å². The molecule has 1 saturated carbocycles. The molecule has 19 heavy (non-hydrogen) atoms. The summed E-state index contributed by atoms with van der Waals surface area (Å²) in [7, 11) is 2.22. The number of hydrogen-bond donors (Lipinski definition) is 1. The van der Waals surface area contributed by atoms with Gasteiger partial charge in [-0.3, -0.25) is 0 Å². The van der Waals surface area contributed by atoms with Crippen molar-refractivity contribution in [3.63, 3.8) is 0 Å². The lowest BCUT2D eigenvalue weighted by molar-refractivity contribution is 0.248. The van der Waals surface area contributed by atoms with Gasteiger partial charge in [0.2, 0.25) is 0 Å². The maximum atomic E-state index is 5.94. The Bertz CT molecular complexity index is 393. The van der Waals surface area contributed by atoms with Gasteiger partial charge in [0.15, 0.2) is 0 Å². The van der Waals surface area contributed by atoms with Gasteiger partial charge >= 0.3 is 0 Å². The van der Waals surface area contributed by atoms with Gasteiger partial charge in [0, 0.05) is 19.3 Å². The van der Waals surface area contributed by atoms with Crippen LogP contribution in [-0.2, 0) is 0 Å². The van der Waals surface area contributed by atoms with Crippen molar-refractivity contribution in [1.82, 2.24) is 0 Å². The molecular weight excluding hydrogens is 232 g/mol. The lowest BCUT2D eigenvalue weighted by Gasteiger charge is -2.34. The van der Waals surface area contributed by atoms with E-state index in [9.17, 15) is 0 Å². The van der Waals surface area contributed by atoms with Crippen molar-refractivity contribution >= 4 is 5.69 Å². The quantitative estimate of drug-likeness (QED) is 0.897. The zero-order valence-corrected chi connectivity index (χ0v) is 12.7. The van der Waals surface area contributed by atoms with Crippen molar-refractivity contribution in [2.24, 2.45) is 17.6 Å². The van der Waals surface area contributed by atoms with Crippen LogP contribution in [0.3, 0.4) is 0 Å². The fraction of sp³-hybridized carbons (Fsp3) is 0.647. The summed E-state index contributed by atoms with van der Waals surface area (Å²) in [5, 5.41) is 0. The summed E-state index contributed by atoms with van der Waals surface area (Å²) in [6.07, 6.45) is 5.41. The first-order valence-corrected chi connectivity index (χ1v) is 7.59. The van der Waals surface area contributed by atoms with E-state index >= 15 is 0 Å². The van der Waals surface area contributed by atoms with E-state index in [1.807, 2.05) is 0 Å². The standard InChI is InChI=1S/C17H28N2/c1-13-8-14(2)10-17(9-13)19(3)12-16-7-5-4-6-15(16)11-18/h8-10,15-16H,4-7,11-12,18H2,1-3H3. The van der Waals surface area contributed by atoms with Crippen LogP contribution in [0.2, 0.25) is 0 Å². The van der Waals surface area contributed by atoms with E-state index in [2.05, 4.69) is 44.0 Å². The zero-order chi connectivity index (χ0) is 13.8. The Balaban J connectivity index is 2.04. The first kappa shape index (κ1) is 14.4. The van der Waals surface area contributed by atoms with Gasteiger partial charge in [0.1, 0.15) is 0 Å². The molecule has 2 atom stereocenters. The number of aryl methyl sites for hydroxylation is 2. The van der Waals surface area contributed by atoms with Gasteiger partial charge in [-0.1, -0.05) is 18.9 Å². The van der Waals surface area contributed by atoms with E-state index in [4.69, 9.17) is 5.73 Å². The van der Waals surface area contributed by atoms with Crippen molar-refractivity contribution in [3.8, 4) is 0 Å². The highest BCUT2D eigenvalue weighted by atomic mass is 15.1. The zero-order valence-electron chi connectivity index (χ0n) is 12.7. The smallest absolute Gasteiger partial charge is 0.0369 e. The van der Waals surface area contributed by atoms with Gasteiger partial charge in [-0.15, -0.1) is 0 Å². The number of benzene rings is 1. The van der Waals surface area contributed by atoms with Gasteiger partial charge < -0.3 is 10.6 Å². The van der Waals surface area contributed by atoms with E-state index in [1.54, 1.807) is 0 Å². The Morgan fingerprint density at radius 2 is 1.63 bits per heavy atom. The minimum Gasteiger partial charge on any atom is -0.374 e. The van der Waals surface area contributed by atoms with Crippen LogP contribution in [0.1, 0.15) is 36.8 Å². The Labute approximate surface area is 118 Å². The number of nitrogens with two attached hydrogens (primary N) is 1. The van der Waals surface area contributed by atoms with E-state index in [0.29, 0.717) is 0 Å². The van der Waals surface area contributed by atoms with Crippen LogP contribution in [-0.4, -0.2) is 20.1 Å². The highest BCUT2D eigenvalue weighted by molar-refractivity contribution is 5.50. The first-order valence-electron chi connectivity index (χ1n) is 7.59. The van der Waals surface area contributed by atoms with E-state index in [0.717, 1.165) is 24.9 Å². The topological polar surface area (TPSA) is 29.3 Å². The van der Waals surface area contributed by atoms with Gasteiger partial charge in [0.25, 0.3) is 0 Å². The number of hydrogen-bond acceptors (Lipinski definition) is 2. The van der Waals surface area contributed by atoms with Crippen LogP contribution in [0.4, 0.5) is 5.69 Å². The Morgan fingerprint density at radius 3 is 2.21 bits per heavy atom. The van der Waals surface area contributed by atoms with Crippen LogP contribution < -0.4 is 10.6 Å². The highest BCUT2D eigenvalue weighted by Crippen LogP contribution is 2.31. The summed E-state index contributed by atoms with van der Waals surface area (Å²) >= 11 is 0. The van der Waals surface area contributed by atoms with Crippen molar-refractivity contribution in [3.05, 3.63) is 29.3 Å². The highest BCUT2D eigenvalue weighted by Gasteiger charge is 2.25. The molecule has 0 amide bonds. The molecule has 1 fully saturated rings. The molecule has 1 aromatic rings. The van der Waals surface area contributed by atoms with Gasteiger partial charge in [-0.05, 0) is 68.3 Å². The molecule has 106 valence electrons. The Morgan fingerprint density at radius 1 is 1.05 bits per heavy atom. The number of anilines is 1. The van der Waals surface area contributed by atoms with Crippen LogP contribution in [0.15, 0.2) is 18.2 Å². The molecule has 2 rings (SSSR count). The lowest BCUT2D eigenvalue weighted by atomic mass is 9.79. The third-order valence-electron chi connectivity index (χ3n) is 4.52. The molecule has 0 aliphatic heterocycles. The summed E-state index contributed by atoms with van der Waals surface area (Å²) in [6.45, 7) is 6.34. The van der Waals surface area contributed by atoms with Crippen molar-refractivity contribution in [2.45, 2.75) is 39.5 Å². The molecule has 0 aromatic heterocycles. The van der Waals surface area contributed by atoms with Crippen molar-refractivity contribution in [2.75, 3.05) is 25.0 Å². The Kier molecular flexibility index (Phi) is 4.87. The molecular formula is C17H28N2. The summed E-state index contributed by atoms with van der Waals surface area (Å²) in [4.78, 5) is 2.42. The fourth-order valence-electron chi connectivity index (χ4n) is 3.46. The van der Waals surface area contributed by atoms with Crippen molar-refractivity contribution in [1.29, 1.82) is 0 Å². The lowest BCUT2D eigenvalue weighted by Crippen LogP contribution is -2.35. The normalized spacial score (nSPS) is 23.4. The predicted molar refractivity (Wildman–Crippen MR) is 83.7 cm³/mol. The Hall–Kier alpha value is -1.02. The fourth-order valence-corrected chi connectivity index (χ4v) is 3.46. The second kappa shape index (κ2) is 6.42. The van der Waals surface area contributed by atoms with E-state index in [-0.39, 0.29) is 0 Å². The molecule has 2 nitrogen and oxygen atoms in total. The van der Waals surface area contributed by atoms with E-state index < -0.39 is 0 Å². The second-order valence-corrected chi connectivity index (χ2v) is 6.27. The van der Waals surface area contributed by atoms with Gasteiger partial charge in [-0.25, -0.2) is 0 Å². The minimum absolute atomic E-state index is 0.724. The largest absolute Gasteiger partial charge is 0.374 e. The molecule has 0 saturated heterocycles. The number of rotatable bonds is 4. The predicted octanol–water partition coefficient (Wildman–Crippen LogP) is 3.50. The van der Waals surface area contributed by atoms with Gasteiger partial charge in [-0.2, -0.15) is 0 Å². The second-order valence-electron chi connectivity index (χ2n) is 6.27. The SMILES string of the molecule is Cc1cc(C)cc(N(C)CC2CCCCC2CN)c1. The van der Waals surface area contributed by atoms with E-state index in [1.165, 1.54) is 42.5 Å². The van der Waals surface area contributed by atoms with Crippen LogP contribution in [0.25, 0.3) is 0 Å². The maximum absolute atomic E-state index is 5.94. The molecule has 2 N–H and O–H groups in total. The molecule has 2 heteroatoms. The average Bonchev–Trinajstić information content (AvgIpc) is 2.38. The summed E-state index contributed by atoms with van der Waals surface area (Å²) < 4.78 is 0. The van der Waals surface area contributed by atoms with Crippen LogP contribution >= 0.6 is 0 Å². The maximum Gasteiger partial charge on any atom is 0.0369 e. The van der Waals surface area contributed by atoms with Crippen LogP contribution in [0.5, 0.6) is 0 Å². The molecule has 1 aliphatic carbocycles. The molecule has 0 radical (unpaired) electrons. The molecule has 0 spiro atoms. The van der Waals surface area contributed by atoms with Gasteiger partial charge in [0.05, 0.1) is 0 Å².